The van der Waals surface area contributed by atoms with Crippen molar-refractivity contribution in [3.05, 3.63) is 0 Å². The Kier molecular flexibility index (Phi) is 5.25. The average molecular weight is 240 g/mol. The fourth-order valence-corrected chi connectivity index (χ4v) is 1.09. The van der Waals surface area contributed by atoms with Gasteiger partial charge in [-0.1, -0.05) is 6.92 Å². The molecule has 1 atom stereocenters. The second-order valence-electron chi connectivity index (χ2n) is 4.44. The summed E-state index contributed by atoms with van der Waals surface area (Å²) in [6.45, 7) is 5.97. The summed E-state index contributed by atoms with van der Waals surface area (Å²) in [7, 11) is 0. The number of hydrogen-bond acceptors (Lipinski definition) is 2. The number of carbonyl (C=O) groups is 1. The van der Waals surface area contributed by atoms with Crippen molar-refractivity contribution in [2.24, 2.45) is 0 Å². The van der Waals surface area contributed by atoms with Crippen LogP contribution < -0.4 is 10.6 Å². The number of halogens is 3. The van der Waals surface area contributed by atoms with Crippen LogP contribution in [0.2, 0.25) is 0 Å². The molecule has 6 heteroatoms. The van der Waals surface area contributed by atoms with E-state index >= 15 is 0 Å². The van der Waals surface area contributed by atoms with Crippen LogP contribution in [0.1, 0.15) is 34.1 Å². The summed E-state index contributed by atoms with van der Waals surface area (Å²) in [5.41, 5.74) is -0.269. The molecule has 0 aromatic carbocycles. The quantitative estimate of drug-likeness (QED) is 0.769. The van der Waals surface area contributed by atoms with Crippen LogP contribution >= 0.6 is 0 Å². The van der Waals surface area contributed by atoms with Crippen LogP contribution in [-0.4, -0.2) is 30.2 Å². The van der Waals surface area contributed by atoms with Gasteiger partial charge in [0.2, 0.25) is 5.91 Å². The Hall–Kier alpha value is -0.780. The monoisotopic (exact) mass is 240 g/mol. The van der Waals surface area contributed by atoms with E-state index in [9.17, 15) is 18.0 Å². The molecule has 0 aliphatic heterocycles. The summed E-state index contributed by atoms with van der Waals surface area (Å²) in [6, 6.07) is -0.641. The Morgan fingerprint density at radius 1 is 1.31 bits per heavy atom. The fraction of sp³-hybridized carbons (Fsp3) is 0.900. The number of hydrogen-bond donors (Lipinski definition) is 2. The fourth-order valence-electron chi connectivity index (χ4n) is 1.09. The number of nitrogens with one attached hydrogen (secondary N) is 2. The highest BCUT2D eigenvalue weighted by Crippen LogP contribution is 2.12. The van der Waals surface area contributed by atoms with Crippen LogP contribution in [0.15, 0.2) is 0 Å². The van der Waals surface area contributed by atoms with Crippen LogP contribution in [0.25, 0.3) is 0 Å². The molecular formula is C10H19F3N2O. The maximum atomic E-state index is 11.8. The molecule has 0 rings (SSSR count). The second kappa shape index (κ2) is 5.52. The maximum absolute atomic E-state index is 11.8. The Balaban J connectivity index is 4.10. The van der Waals surface area contributed by atoms with Crippen molar-refractivity contribution >= 4 is 5.91 Å². The van der Waals surface area contributed by atoms with Gasteiger partial charge in [0.15, 0.2) is 0 Å². The zero-order valence-electron chi connectivity index (χ0n) is 10.0. The number of amides is 1. The van der Waals surface area contributed by atoms with Crippen molar-refractivity contribution in [2.45, 2.75) is 51.9 Å². The van der Waals surface area contributed by atoms with Gasteiger partial charge in [-0.3, -0.25) is 4.79 Å². The minimum atomic E-state index is -4.37. The lowest BCUT2D eigenvalue weighted by molar-refractivity contribution is -0.139. The topological polar surface area (TPSA) is 41.1 Å². The van der Waals surface area contributed by atoms with Crippen molar-refractivity contribution in [1.29, 1.82) is 0 Å². The molecule has 2 N–H and O–H groups in total. The van der Waals surface area contributed by atoms with E-state index in [0.717, 1.165) is 6.42 Å². The minimum Gasteiger partial charge on any atom is -0.346 e. The summed E-state index contributed by atoms with van der Waals surface area (Å²) in [5.74, 6) is -0.640. The largest absolute Gasteiger partial charge is 0.405 e. The van der Waals surface area contributed by atoms with Crippen LogP contribution in [-0.2, 0) is 4.79 Å². The van der Waals surface area contributed by atoms with Gasteiger partial charge < -0.3 is 10.6 Å². The van der Waals surface area contributed by atoms with Gasteiger partial charge in [0.25, 0.3) is 0 Å². The van der Waals surface area contributed by atoms with E-state index in [0.29, 0.717) is 0 Å². The van der Waals surface area contributed by atoms with Gasteiger partial charge in [0.05, 0.1) is 6.04 Å². The first-order valence-electron chi connectivity index (χ1n) is 5.19. The van der Waals surface area contributed by atoms with Gasteiger partial charge in [-0.25, -0.2) is 0 Å². The van der Waals surface area contributed by atoms with Crippen LogP contribution in [0.5, 0.6) is 0 Å². The minimum absolute atomic E-state index is 0.269. The molecular weight excluding hydrogens is 221 g/mol. The van der Waals surface area contributed by atoms with Crippen LogP contribution in [0.4, 0.5) is 13.2 Å². The molecule has 0 saturated heterocycles. The first kappa shape index (κ1) is 15.2. The molecule has 0 aliphatic rings. The van der Waals surface area contributed by atoms with E-state index in [1.807, 2.05) is 26.1 Å². The predicted molar refractivity (Wildman–Crippen MR) is 56.0 cm³/mol. The second-order valence-corrected chi connectivity index (χ2v) is 4.44. The molecule has 0 spiro atoms. The third-order valence-electron chi connectivity index (χ3n) is 2.35. The molecule has 1 amide bonds. The van der Waals surface area contributed by atoms with E-state index in [1.165, 1.54) is 0 Å². The van der Waals surface area contributed by atoms with Crippen molar-refractivity contribution in [3.63, 3.8) is 0 Å². The normalized spacial score (nSPS) is 14.7. The summed E-state index contributed by atoms with van der Waals surface area (Å²) in [4.78, 5) is 11.3. The van der Waals surface area contributed by atoms with Gasteiger partial charge in [-0.15, -0.1) is 0 Å². The molecule has 96 valence electrons. The van der Waals surface area contributed by atoms with E-state index in [1.54, 1.807) is 6.92 Å². The van der Waals surface area contributed by atoms with Crippen molar-refractivity contribution < 1.29 is 18.0 Å². The lowest BCUT2D eigenvalue weighted by Crippen LogP contribution is -2.52. The first-order chi connectivity index (χ1) is 7.07. The highest BCUT2D eigenvalue weighted by atomic mass is 19.4. The van der Waals surface area contributed by atoms with Gasteiger partial charge in [0, 0.05) is 5.54 Å². The third kappa shape index (κ3) is 6.66. The summed E-state index contributed by atoms with van der Waals surface area (Å²) >= 11 is 0. The summed E-state index contributed by atoms with van der Waals surface area (Å²) in [5, 5.41) is 4.81. The first-order valence-corrected chi connectivity index (χ1v) is 5.19. The number of carbonyl (C=O) groups excluding carboxylic acids is 1. The maximum Gasteiger partial charge on any atom is 0.405 e. The van der Waals surface area contributed by atoms with Gasteiger partial charge in [0.1, 0.15) is 6.54 Å². The molecule has 0 fully saturated rings. The molecule has 0 saturated carbocycles. The smallest absolute Gasteiger partial charge is 0.346 e. The lowest BCUT2D eigenvalue weighted by Gasteiger charge is -2.28. The highest BCUT2D eigenvalue weighted by Gasteiger charge is 2.29. The zero-order valence-corrected chi connectivity index (χ0v) is 10.0. The molecule has 16 heavy (non-hydrogen) atoms. The molecule has 0 aromatic heterocycles. The number of alkyl halides is 3. The summed E-state index contributed by atoms with van der Waals surface area (Å²) in [6.07, 6.45) is -3.58. The zero-order chi connectivity index (χ0) is 13.0. The molecule has 0 bridgehead atoms. The van der Waals surface area contributed by atoms with E-state index in [2.05, 4.69) is 5.32 Å². The third-order valence-corrected chi connectivity index (χ3v) is 2.35. The Morgan fingerprint density at radius 3 is 2.19 bits per heavy atom. The Bertz CT molecular complexity index is 239. The molecule has 0 radical (unpaired) electrons. The SMILES string of the molecule is CCC(C)(C)NC(C)C(=O)NCC(F)(F)F. The van der Waals surface area contributed by atoms with E-state index < -0.39 is 24.7 Å². The molecule has 3 nitrogen and oxygen atoms in total. The predicted octanol–water partition coefficient (Wildman–Crippen LogP) is 1.83. The van der Waals surface area contributed by atoms with Crippen LogP contribution in [0, 0.1) is 0 Å². The lowest BCUT2D eigenvalue weighted by atomic mass is 10.0. The van der Waals surface area contributed by atoms with Gasteiger partial charge >= 0.3 is 6.18 Å². The standard InChI is InChI=1S/C10H19F3N2O/c1-5-9(3,4)15-7(2)8(16)14-6-10(11,12)13/h7,15H,5-6H2,1-4H3,(H,14,16). The number of rotatable bonds is 5. The summed E-state index contributed by atoms with van der Waals surface area (Å²) < 4.78 is 35.5. The van der Waals surface area contributed by atoms with E-state index in [-0.39, 0.29) is 5.54 Å². The highest BCUT2D eigenvalue weighted by molar-refractivity contribution is 5.81. The molecule has 0 heterocycles. The van der Waals surface area contributed by atoms with Gasteiger partial charge in [-0.05, 0) is 27.2 Å². The molecule has 0 aliphatic carbocycles. The van der Waals surface area contributed by atoms with Crippen molar-refractivity contribution in [1.82, 2.24) is 10.6 Å². The van der Waals surface area contributed by atoms with Gasteiger partial charge in [-0.2, -0.15) is 13.2 Å². The Labute approximate surface area is 93.8 Å². The molecule has 0 aromatic rings. The molecule has 1 unspecified atom stereocenters. The van der Waals surface area contributed by atoms with Crippen molar-refractivity contribution in [3.8, 4) is 0 Å². The van der Waals surface area contributed by atoms with Crippen molar-refractivity contribution in [2.75, 3.05) is 6.54 Å². The average Bonchev–Trinajstić information content (AvgIpc) is 2.12. The van der Waals surface area contributed by atoms with E-state index in [4.69, 9.17) is 0 Å². The Morgan fingerprint density at radius 2 is 1.81 bits per heavy atom. The van der Waals surface area contributed by atoms with Crippen LogP contribution in [0.3, 0.4) is 0 Å².